The van der Waals surface area contributed by atoms with E-state index in [1.165, 1.54) is 0 Å². The molecule has 3 aromatic rings. The van der Waals surface area contributed by atoms with Crippen LogP contribution < -0.4 is 10.6 Å². The third-order valence-corrected chi connectivity index (χ3v) is 3.90. The predicted molar refractivity (Wildman–Crippen MR) is 100.0 cm³/mol. The SMILES string of the molecule is Cc1cc(Nc2ccc(C#N)cc2)nc(NCc2ccccc2Cl)n1. The summed E-state index contributed by atoms with van der Waals surface area (Å²) in [5, 5.41) is 16.0. The Morgan fingerprint density at radius 2 is 1.84 bits per heavy atom. The van der Waals surface area contributed by atoms with E-state index < -0.39 is 0 Å². The highest BCUT2D eigenvalue weighted by Crippen LogP contribution is 2.19. The molecule has 2 N–H and O–H groups in total. The largest absolute Gasteiger partial charge is 0.350 e. The third kappa shape index (κ3) is 4.46. The number of benzene rings is 2. The fourth-order valence-electron chi connectivity index (χ4n) is 2.30. The Kier molecular flexibility index (Phi) is 5.12. The van der Waals surface area contributed by atoms with Crippen LogP contribution in [0.3, 0.4) is 0 Å². The van der Waals surface area contributed by atoms with E-state index in [0.29, 0.717) is 28.9 Å². The first-order valence-corrected chi connectivity index (χ1v) is 8.12. The molecule has 2 aromatic carbocycles. The van der Waals surface area contributed by atoms with Crippen LogP contribution in [0.2, 0.25) is 5.02 Å². The minimum Gasteiger partial charge on any atom is -0.350 e. The summed E-state index contributed by atoms with van der Waals surface area (Å²) >= 11 is 6.17. The number of aromatic nitrogens is 2. The number of rotatable bonds is 5. The fraction of sp³-hybridized carbons (Fsp3) is 0.105. The maximum atomic E-state index is 8.85. The van der Waals surface area contributed by atoms with Gasteiger partial charge in [0.2, 0.25) is 5.95 Å². The van der Waals surface area contributed by atoms with Crippen molar-refractivity contribution in [3.8, 4) is 6.07 Å². The van der Waals surface area contributed by atoms with Crippen molar-refractivity contribution in [3.05, 3.63) is 76.4 Å². The summed E-state index contributed by atoms with van der Waals surface area (Å²) in [6.07, 6.45) is 0. The van der Waals surface area contributed by atoms with E-state index in [1.54, 1.807) is 12.1 Å². The zero-order valence-corrected chi connectivity index (χ0v) is 14.4. The van der Waals surface area contributed by atoms with Crippen LogP contribution in [0.25, 0.3) is 0 Å². The molecule has 0 amide bonds. The maximum Gasteiger partial charge on any atom is 0.225 e. The molecular weight excluding hydrogens is 334 g/mol. The lowest BCUT2D eigenvalue weighted by molar-refractivity contribution is 1.03. The highest BCUT2D eigenvalue weighted by atomic mass is 35.5. The lowest BCUT2D eigenvalue weighted by atomic mass is 10.2. The predicted octanol–water partition coefficient (Wildman–Crippen LogP) is 4.67. The van der Waals surface area contributed by atoms with Gasteiger partial charge in [-0.05, 0) is 42.8 Å². The van der Waals surface area contributed by atoms with Crippen molar-refractivity contribution < 1.29 is 0 Å². The van der Waals surface area contributed by atoms with Gasteiger partial charge >= 0.3 is 0 Å². The molecule has 1 heterocycles. The Morgan fingerprint density at radius 3 is 2.56 bits per heavy atom. The molecule has 0 fully saturated rings. The fourth-order valence-corrected chi connectivity index (χ4v) is 2.51. The van der Waals surface area contributed by atoms with Crippen LogP contribution in [0, 0.1) is 18.3 Å². The Hall–Kier alpha value is -3.10. The molecule has 0 radical (unpaired) electrons. The van der Waals surface area contributed by atoms with Crippen LogP contribution in [0.15, 0.2) is 54.6 Å². The molecule has 3 rings (SSSR count). The van der Waals surface area contributed by atoms with Gasteiger partial charge < -0.3 is 10.6 Å². The molecule has 1 aromatic heterocycles. The van der Waals surface area contributed by atoms with Crippen molar-refractivity contribution in [1.82, 2.24) is 9.97 Å². The molecule has 0 saturated carbocycles. The van der Waals surface area contributed by atoms with Gasteiger partial charge in [0, 0.05) is 29.0 Å². The Balaban J connectivity index is 1.73. The second kappa shape index (κ2) is 7.65. The van der Waals surface area contributed by atoms with Gasteiger partial charge in [-0.15, -0.1) is 0 Å². The van der Waals surface area contributed by atoms with E-state index in [4.69, 9.17) is 16.9 Å². The maximum absolute atomic E-state index is 8.85. The monoisotopic (exact) mass is 349 g/mol. The quantitative estimate of drug-likeness (QED) is 0.700. The van der Waals surface area contributed by atoms with Gasteiger partial charge in [0.05, 0.1) is 11.6 Å². The molecule has 0 unspecified atom stereocenters. The molecule has 0 aliphatic carbocycles. The molecule has 25 heavy (non-hydrogen) atoms. The van der Waals surface area contributed by atoms with Gasteiger partial charge in [-0.1, -0.05) is 29.8 Å². The highest BCUT2D eigenvalue weighted by molar-refractivity contribution is 6.31. The summed E-state index contributed by atoms with van der Waals surface area (Å²) in [4.78, 5) is 8.87. The van der Waals surface area contributed by atoms with Crippen LogP contribution in [0.1, 0.15) is 16.8 Å². The Labute approximate surface area is 151 Å². The van der Waals surface area contributed by atoms with Crippen molar-refractivity contribution in [2.75, 3.05) is 10.6 Å². The summed E-state index contributed by atoms with van der Waals surface area (Å²) in [5.74, 6) is 1.20. The van der Waals surface area contributed by atoms with Crippen molar-refractivity contribution in [2.45, 2.75) is 13.5 Å². The van der Waals surface area contributed by atoms with Gasteiger partial charge in [-0.3, -0.25) is 0 Å². The van der Waals surface area contributed by atoms with Crippen LogP contribution in [0.5, 0.6) is 0 Å². The van der Waals surface area contributed by atoms with E-state index in [1.807, 2.05) is 49.4 Å². The van der Waals surface area contributed by atoms with E-state index in [0.717, 1.165) is 16.9 Å². The van der Waals surface area contributed by atoms with Crippen molar-refractivity contribution in [3.63, 3.8) is 0 Å². The number of hydrogen-bond acceptors (Lipinski definition) is 5. The van der Waals surface area contributed by atoms with E-state index >= 15 is 0 Å². The average Bonchev–Trinajstić information content (AvgIpc) is 2.61. The minimum atomic E-state index is 0.524. The van der Waals surface area contributed by atoms with E-state index in [2.05, 4.69) is 26.7 Å². The molecule has 5 nitrogen and oxygen atoms in total. The summed E-state index contributed by atoms with van der Waals surface area (Å²) in [6, 6.07) is 18.8. The topological polar surface area (TPSA) is 73.6 Å². The number of aryl methyl sites for hydroxylation is 1. The lowest BCUT2D eigenvalue weighted by Crippen LogP contribution is -2.06. The minimum absolute atomic E-state index is 0.524. The summed E-state index contributed by atoms with van der Waals surface area (Å²) in [7, 11) is 0. The third-order valence-electron chi connectivity index (χ3n) is 3.54. The number of nitrogens with one attached hydrogen (secondary N) is 2. The summed E-state index contributed by atoms with van der Waals surface area (Å²) in [5.41, 5.74) is 3.30. The smallest absolute Gasteiger partial charge is 0.225 e. The Bertz CT molecular complexity index is 916. The molecule has 0 atom stereocenters. The number of anilines is 3. The van der Waals surface area contributed by atoms with Crippen LogP contribution in [-0.2, 0) is 6.54 Å². The number of hydrogen-bond donors (Lipinski definition) is 2. The summed E-state index contributed by atoms with van der Waals surface area (Å²) in [6.45, 7) is 2.45. The highest BCUT2D eigenvalue weighted by Gasteiger charge is 2.05. The molecule has 0 aliphatic heterocycles. The van der Waals surface area contributed by atoms with Gasteiger partial charge in [0.15, 0.2) is 0 Å². The standard InChI is InChI=1S/C19H16ClN5/c1-13-10-18(24-16-8-6-14(11-21)7-9-16)25-19(23-13)22-12-15-4-2-3-5-17(15)20/h2-10H,12H2,1H3,(H2,22,23,24,25). The molecule has 6 heteroatoms. The van der Waals surface area contributed by atoms with Gasteiger partial charge in [-0.2, -0.15) is 10.2 Å². The molecule has 0 aliphatic rings. The van der Waals surface area contributed by atoms with Crippen molar-refractivity contribution in [2.24, 2.45) is 0 Å². The number of nitrogens with zero attached hydrogens (tertiary/aromatic N) is 3. The van der Waals surface area contributed by atoms with Crippen molar-refractivity contribution >= 4 is 29.1 Å². The van der Waals surface area contributed by atoms with Gasteiger partial charge in [0.1, 0.15) is 5.82 Å². The zero-order chi connectivity index (χ0) is 17.6. The average molecular weight is 350 g/mol. The van der Waals surface area contributed by atoms with Gasteiger partial charge in [-0.25, -0.2) is 4.98 Å². The van der Waals surface area contributed by atoms with Crippen LogP contribution >= 0.6 is 11.6 Å². The first-order valence-electron chi connectivity index (χ1n) is 7.74. The van der Waals surface area contributed by atoms with E-state index in [-0.39, 0.29) is 0 Å². The Morgan fingerprint density at radius 1 is 1.08 bits per heavy atom. The molecule has 0 bridgehead atoms. The molecule has 0 saturated heterocycles. The van der Waals surface area contributed by atoms with E-state index in [9.17, 15) is 0 Å². The number of nitriles is 1. The molecule has 0 spiro atoms. The zero-order valence-electron chi connectivity index (χ0n) is 13.6. The lowest BCUT2D eigenvalue weighted by Gasteiger charge is -2.10. The summed E-state index contributed by atoms with van der Waals surface area (Å²) < 4.78 is 0. The number of halogens is 1. The van der Waals surface area contributed by atoms with Crippen LogP contribution in [-0.4, -0.2) is 9.97 Å². The molecule has 124 valence electrons. The first kappa shape index (κ1) is 16.7. The molecular formula is C19H16ClN5. The van der Waals surface area contributed by atoms with Crippen LogP contribution in [0.4, 0.5) is 17.5 Å². The first-order chi connectivity index (χ1) is 12.1. The second-order valence-corrected chi connectivity index (χ2v) is 5.88. The van der Waals surface area contributed by atoms with Gasteiger partial charge in [0.25, 0.3) is 0 Å². The normalized spacial score (nSPS) is 10.1. The second-order valence-electron chi connectivity index (χ2n) is 5.48. The van der Waals surface area contributed by atoms with Crippen molar-refractivity contribution in [1.29, 1.82) is 5.26 Å².